The van der Waals surface area contributed by atoms with Crippen LogP contribution >= 0.6 is 15.9 Å². The van der Waals surface area contributed by atoms with E-state index in [9.17, 15) is 14.4 Å². The van der Waals surface area contributed by atoms with Crippen LogP contribution in [0.5, 0.6) is 0 Å². The fourth-order valence-electron chi connectivity index (χ4n) is 2.27. The molecule has 0 radical (unpaired) electrons. The number of ether oxygens (including phenoxy) is 3. The number of hydrogen-bond acceptors (Lipinski definition) is 6. The van der Waals surface area contributed by atoms with Crippen LogP contribution in [-0.2, 0) is 14.2 Å². The molecule has 0 aromatic carbocycles. The SMILES string of the molecule is CCOC(=O)c1c(C(=O)OC)c(C(=O)OC)c2cccc(Br)n12. The van der Waals surface area contributed by atoms with Crippen molar-refractivity contribution in [2.45, 2.75) is 6.92 Å². The summed E-state index contributed by atoms with van der Waals surface area (Å²) in [5.41, 5.74) is -0.00958. The first-order valence-corrected chi connectivity index (χ1v) is 7.43. The van der Waals surface area contributed by atoms with Crippen LogP contribution in [0.15, 0.2) is 22.8 Å². The van der Waals surface area contributed by atoms with E-state index in [2.05, 4.69) is 15.9 Å². The standard InChI is InChI=1S/C15H14BrNO6/c1-4-23-15(20)12-11(14(19)22-3)10(13(18)21-2)8-6-5-7-9(16)17(8)12/h5-7H,4H2,1-3H3. The Kier molecular flexibility index (Phi) is 5.05. The quantitative estimate of drug-likeness (QED) is 0.458. The van der Waals surface area contributed by atoms with Crippen LogP contribution in [0.3, 0.4) is 0 Å². The van der Waals surface area contributed by atoms with Crippen molar-refractivity contribution in [1.82, 2.24) is 4.40 Å². The van der Waals surface area contributed by atoms with E-state index in [0.29, 0.717) is 10.1 Å². The van der Waals surface area contributed by atoms with E-state index < -0.39 is 17.9 Å². The molecular formula is C15H14BrNO6. The lowest BCUT2D eigenvalue weighted by Gasteiger charge is -2.06. The van der Waals surface area contributed by atoms with Gasteiger partial charge in [-0.3, -0.25) is 4.40 Å². The highest BCUT2D eigenvalue weighted by molar-refractivity contribution is 9.10. The Hall–Kier alpha value is -2.35. The molecule has 0 aliphatic heterocycles. The van der Waals surface area contributed by atoms with E-state index in [4.69, 9.17) is 14.2 Å². The molecule has 0 saturated heterocycles. The Balaban J connectivity index is 2.97. The van der Waals surface area contributed by atoms with Crippen LogP contribution in [0.2, 0.25) is 0 Å². The van der Waals surface area contributed by atoms with Gasteiger partial charge in [0.2, 0.25) is 0 Å². The lowest BCUT2D eigenvalue weighted by atomic mass is 10.1. The highest BCUT2D eigenvalue weighted by Crippen LogP contribution is 2.29. The first-order valence-electron chi connectivity index (χ1n) is 6.64. The molecule has 0 aliphatic rings. The molecule has 122 valence electrons. The number of halogens is 1. The van der Waals surface area contributed by atoms with Crippen molar-refractivity contribution in [3.05, 3.63) is 39.6 Å². The number of aromatic nitrogens is 1. The second kappa shape index (κ2) is 6.82. The smallest absolute Gasteiger partial charge is 0.356 e. The molecule has 0 unspecified atom stereocenters. The molecule has 2 heterocycles. The predicted molar refractivity (Wildman–Crippen MR) is 83.7 cm³/mol. The Labute approximate surface area is 140 Å². The monoisotopic (exact) mass is 383 g/mol. The van der Waals surface area contributed by atoms with Crippen LogP contribution in [0.1, 0.15) is 38.1 Å². The van der Waals surface area contributed by atoms with Gasteiger partial charge in [0, 0.05) is 0 Å². The van der Waals surface area contributed by atoms with Gasteiger partial charge in [-0.2, -0.15) is 0 Å². The maximum atomic E-state index is 12.4. The second-order valence-electron chi connectivity index (χ2n) is 4.37. The molecule has 0 N–H and O–H groups in total. The van der Waals surface area contributed by atoms with E-state index in [-0.39, 0.29) is 23.4 Å². The van der Waals surface area contributed by atoms with Gasteiger partial charge in [-0.05, 0) is 35.0 Å². The number of carbonyl (C=O) groups is 3. The fourth-order valence-corrected chi connectivity index (χ4v) is 2.79. The average Bonchev–Trinajstić information content (AvgIpc) is 2.90. The molecule has 0 fully saturated rings. The van der Waals surface area contributed by atoms with Crippen LogP contribution < -0.4 is 0 Å². The number of fused-ring (bicyclic) bond motifs is 1. The maximum absolute atomic E-state index is 12.4. The summed E-state index contributed by atoms with van der Waals surface area (Å²) in [6.07, 6.45) is 0. The molecule has 23 heavy (non-hydrogen) atoms. The van der Waals surface area contributed by atoms with Gasteiger partial charge < -0.3 is 14.2 Å². The van der Waals surface area contributed by atoms with E-state index >= 15 is 0 Å². The molecule has 0 amide bonds. The zero-order chi connectivity index (χ0) is 17.1. The third kappa shape index (κ3) is 2.81. The predicted octanol–water partition coefficient (Wildman–Crippen LogP) is 2.45. The molecule has 0 saturated carbocycles. The average molecular weight is 384 g/mol. The zero-order valence-corrected chi connectivity index (χ0v) is 14.3. The largest absolute Gasteiger partial charge is 0.465 e. The minimum atomic E-state index is -0.830. The molecule has 0 atom stereocenters. The molecule has 2 aromatic rings. The van der Waals surface area contributed by atoms with Crippen molar-refractivity contribution in [3.63, 3.8) is 0 Å². The third-order valence-electron chi connectivity index (χ3n) is 3.16. The molecule has 0 spiro atoms. The van der Waals surface area contributed by atoms with E-state index in [0.717, 1.165) is 7.11 Å². The number of methoxy groups -OCH3 is 2. The first kappa shape index (κ1) is 17.0. The number of nitrogens with zero attached hydrogens (tertiary/aromatic N) is 1. The van der Waals surface area contributed by atoms with Gasteiger partial charge in [-0.1, -0.05) is 6.07 Å². The third-order valence-corrected chi connectivity index (χ3v) is 3.78. The number of hydrogen-bond donors (Lipinski definition) is 0. The van der Waals surface area contributed by atoms with Crippen molar-refractivity contribution < 1.29 is 28.6 Å². The Morgan fingerprint density at radius 3 is 2.22 bits per heavy atom. The van der Waals surface area contributed by atoms with E-state index in [1.807, 2.05) is 0 Å². The molecule has 8 heteroatoms. The summed E-state index contributed by atoms with van der Waals surface area (Å²) in [6.45, 7) is 1.76. The zero-order valence-electron chi connectivity index (χ0n) is 12.7. The number of esters is 3. The molecule has 7 nitrogen and oxygen atoms in total. The Bertz CT molecular complexity index is 795. The van der Waals surface area contributed by atoms with Crippen molar-refractivity contribution in [1.29, 1.82) is 0 Å². The lowest BCUT2D eigenvalue weighted by molar-refractivity contribution is 0.0494. The molecule has 2 aromatic heterocycles. The summed E-state index contributed by atoms with van der Waals surface area (Å²) in [7, 11) is 2.35. The van der Waals surface area contributed by atoms with Crippen LogP contribution in [0, 0.1) is 0 Å². The molecule has 0 bridgehead atoms. The van der Waals surface area contributed by atoms with Gasteiger partial charge in [-0.25, -0.2) is 14.4 Å². The molecule has 0 aliphatic carbocycles. The van der Waals surface area contributed by atoms with Gasteiger partial charge in [0.05, 0.1) is 30.9 Å². The van der Waals surface area contributed by atoms with Gasteiger partial charge >= 0.3 is 17.9 Å². The van der Waals surface area contributed by atoms with Gasteiger partial charge in [0.15, 0.2) is 0 Å². The minimum Gasteiger partial charge on any atom is -0.465 e. The lowest BCUT2D eigenvalue weighted by Crippen LogP contribution is -2.16. The highest BCUT2D eigenvalue weighted by atomic mass is 79.9. The van der Waals surface area contributed by atoms with Crippen LogP contribution in [0.4, 0.5) is 0 Å². The summed E-state index contributed by atoms with van der Waals surface area (Å²) in [6, 6.07) is 4.92. The second-order valence-corrected chi connectivity index (χ2v) is 5.18. The van der Waals surface area contributed by atoms with Gasteiger partial charge in [0.1, 0.15) is 16.8 Å². The van der Waals surface area contributed by atoms with Crippen LogP contribution in [0.25, 0.3) is 5.52 Å². The van der Waals surface area contributed by atoms with Gasteiger partial charge in [-0.15, -0.1) is 0 Å². The summed E-state index contributed by atoms with van der Waals surface area (Å²) in [5.74, 6) is -2.33. The Morgan fingerprint density at radius 1 is 1.04 bits per heavy atom. The fraction of sp³-hybridized carbons (Fsp3) is 0.267. The van der Waals surface area contributed by atoms with E-state index in [1.165, 1.54) is 11.5 Å². The van der Waals surface area contributed by atoms with E-state index in [1.54, 1.807) is 25.1 Å². The summed E-state index contributed by atoms with van der Waals surface area (Å²) in [5, 5.41) is 0. The van der Waals surface area contributed by atoms with Crippen molar-refractivity contribution in [3.8, 4) is 0 Å². The highest BCUT2D eigenvalue weighted by Gasteiger charge is 2.33. The maximum Gasteiger partial charge on any atom is 0.356 e. The normalized spacial score (nSPS) is 10.4. The number of pyridine rings is 1. The summed E-state index contributed by atoms with van der Waals surface area (Å²) < 4.78 is 16.4. The van der Waals surface area contributed by atoms with Crippen LogP contribution in [-0.4, -0.2) is 43.1 Å². The van der Waals surface area contributed by atoms with Crippen molar-refractivity contribution in [2.75, 3.05) is 20.8 Å². The number of rotatable bonds is 4. The number of carbonyl (C=O) groups excluding carboxylic acids is 3. The first-order chi connectivity index (χ1) is 11.0. The molecule has 2 rings (SSSR count). The van der Waals surface area contributed by atoms with Crippen molar-refractivity contribution in [2.24, 2.45) is 0 Å². The van der Waals surface area contributed by atoms with Crippen molar-refractivity contribution >= 4 is 39.4 Å². The molecular weight excluding hydrogens is 370 g/mol. The summed E-state index contributed by atoms with van der Waals surface area (Å²) >= 11 is 3.31. The Morgan fingerprint density at radius 2 is 1.65 bits per heavy atom. The van der Waals surface area contributed by atoms with Gasteiger partial charge in [0.25, 0.3) is 0 Å². The summed E-state index contributed by atoms with van der Waals surface area (Å²) in [4.78, 5) is 36.7. The topological polar surface area (TPSA) is 83.3 Å². The minimum absolute atomic E-state index is 0.0521.